The predicted octanol–water partition coefficient (Wildman–Crippen LogP) is 3.82. The Morgan fingerprint density at radius 2 is 2.17 bits per heavy atom. The van der Waals surface area contributed by atoms with E-state index in [9.17, 15) is 13.6 Å². The van der Waals surface area contributed by atoms with Crippen molar-refractivity contribution in [1.82, 2.24) is 0 Å². The summed E-state index contributed by atoms with van der Waals surface area (Å²) in [6, 6.07) is 4.40. The van der Waals surface area contributed by atoms with Crippen LogP contribution in [0.4, 0.5) is 8.78 Å². The molecule has 4 heteroatoms. The zero-order valence-corrected chi connectivity index (χ0v) is 10.2. The lowest BCUT2D eigenvalue weighted by Crippen LogP contribution is -2.12. The van der Waals surface area contributed by atoms with Gasteiger partial charge in [-0.1, -0.05) is 12.1 Å². The highest BCUT2D eigenvalue weighted by Gasteiger charge is 2.36. The molecule has 2 rings (SSSR count). The van der Waals surface area contributed by atoms with Gasteiger partial charge in [0.1, 0.15) is 12.0 Å². The van der Waals surface area contributed by atoms with Crippen LogP contribution in [0.3, 0.4) is 0 Å². The van der Waals surface area contributed by atoms with Gasteiger partial charge < -0.3 is 5.11 Å². The number of halogens is 2. The molecule has 1 fully saturated rings. The maximum Gasteiger partial charge on any atom is 0.303 e. The van der Waals surface area contributed by atoms with Gasteiger partial charge in [0.05, 0.1) is 6.42 Å². The molecule has 1 aliphatic carbocycles. The average molecular weight is 254 g/mol. The van der Waals surface area contributed by atoms with E-state index in [1.807, 2.05) is 0 Å². The van der Waals surface area contributed by atoms with Crippen LogP contribution in [-0.2, 0) is 4.79 Å². The number of hydrogen-bond donors (Lipinski definition) is 1. The topological polar surface area (TPSA) is 37.3 Å². The van der Waals surface area contributed by atoms with Crippen molar-refractivity contribution >= 4 is 5.97 Å². The summed E-state index contributed by atoms with van der Waals surface area (Å²) < 4.78 is 27.2. The summed E-state index contributed by atoms with van der Waals surface area (Å²) in [6.45, 7) is 1.28. The predicted molar refractivity (Wildman–Crippen MR) is 63.6 cm³/mol. The van der Waals surface area contributed by atoms with Crippen LogP contribution in [0.15, 0.2) is 18.2 Å². The maximum atomic E-state index is 13.7. The van der Waals surface area contributed by atoms with Crippen LogP contribution < -0.4 is 0 Å². The van der Waals surface area contributed by atoms with Gasteiger partial charge in [-0.05, 0) is 43.2 Å². The molecular weight excluding hydrogens is 238 g/mol. The Kier molecular flexibility index (Phi) is 3.64. The Balaban J connectivity index is 2.40. The molecule has 0 heterocycles. The second kappa shape index (κ2) is 5.04. The zero-order chi connectivity index (χ0) is 13.3. The summed E-state index contributed by atoms with van der Waals surface area (Å²) in [5.74, 6) is -1.53. The largest absolute Gasteiger partial charge is 0.481 e. The van der Waals surface area contributed by atoms with Crippen molar-refractivity contribution in [2.24, 2.45) is 5.92 Å². The number of aliphatic carboxylic acids is 1. The van der Waals surface area contributed by atoms with Gasteiger partial charge in [-0.25, -0.2) is 8.78 Å². The van der Waals surface area contributed by atoms with Crippen LogP contribution in [0.5, 0.6) is 0 Å². The van der Waals surface area contributed by atoms with Crippen molar-refractivity contribution in [1.29, 1.82) is 0 Å². The first-order valence-corrected chi connectivity index (χ1v) is 6.15. The van der Waals surface area contributed by atoms with E-state index in [1.165, 1.54) is 19.1 Å². The molecule has 2 nitrogen and oxygen atoms in total. The van der Waals surface area contributed by atoms with Gasteiger partial charge >= 0.3 is 5.97 Å². The van der Waals surface area contributed by atoms with Crippen molar-refractivity contribution in [2.75, 3.05) is 0 Å². The molecular formula is C14H16F2O2. The SMILES string of the molecule is CC(F)c1c(F)cccc1C(CC(=O)O)C1CC1. The number of benzene rings is 1. The van der Waals surface area contributed by atoms with Crippen LogP contribution >= 0.6 is 0 Å². The molecule has 0 saturated heterocycles. The summed E-state index contributed by atoms with van der Waals surface area (Å²) in [4.78, 5) is 10.9. The second-order valence-corrected chi connectivity index (χ2v) is 4.90. The Hall–Kier alpha value is -1.45. The molecule has 0 aliphatic heterocycles. The number of carbonyl (C=O) groups is 1. The highest BCUT2D eigenvalue weighted by molar-refractivity contribution is 5.68. The minimum Gasteiger partial charge on any atom is -0.481 e. The summed E-state index contributed by atoms with van der Waals surface area (Å²) >= 11 is 0. The molecule has 1 aromatic rings. The molecule has 0 aromatic heterocycles. The molecule has 18 heavy (non-hydrogen) atoms. The Morgan fingerprint density at radius 1 is 1.50 bits per heavy atom. The molecule has 1 aliphatic rings. The fourth-order valence-electron chi connectivity index (χ4n) is 2.51. The van der Waals surface area contributed by atoms with Crippen LogP contribution in [-0.4, -0.2) is 11.1 Å². The van der Waals surface area contributed by atoms with E-state index in [1.54, 1.807) is 6.07 Å². The molecule has 1 aromatic carbocycles. The quantitative estimate of drug-likeness (QED) is 0.867. The fraction of sp³-hybridized carbons (Fsp3) is 0.500. The molecule has 2 atom stereocenters. The Morgan fingerprint density at radius 3 is 2.67 bits per heavy atom. The number of carboxylic acids is 1. The van der Waals surface area contributed by atoms with Crippen LogP contribution in [0.1, 0.15) is 49.4 Å². The van der Waals surface area contributed by atoms with Gasteiger partial charge in [-0.15, -0.1) is 0 Å². The summed E-state index contributed by atoms with van der Waals surface area (Å²) in [6.07, 6.45) is 0.396. The van der Waals surface area contributed by atoms with Crippen molar-refractivity contribution < 1.29 is 18.7 Å². The first kappa shape index (κ1) is 13.0. The average Bonchev–Trinajstić information content (AvgIpc) is 3.08. The van der Waals surface area contributed by atoms with Gasteiger partial charge in [0.25, 0.3) is 0 Å². The van der Waals surface area contributed by atoms with E-state index in [0.29, 0.717) is 5.56 Å². The molecule has 0 radical (unpaired) electrons. The molecule has 0 amide bonds. The first-order chi connectivity index (χ1) is 8.50. The number of alkyl halides is 1. The van der Waals surface area contributed by atoms with Crippen LogP contribution in [0.25, 0.3) is 0 Å². The zero-order valence-electron chi connectivity index (χ0n) is 10.2. The summed E-state index contributed by atoms with van der Waals surface area (Å²) in [5, 5.41) is 8.93. The lowest BCUT2D eigenvalue weighted by molar-refractivity contribution is -0.137. The minimum atomic E-state index is -1.42. The van der Waals surface area contributed by atoms with E-state index in [2.05, 4.69) is 0 Å². The molecule has 98 valence electrons. The third kappa shape index (κ3) is 2.68. The number of carboxylic acid groups (broad SMARTS) is 1. The number of rotatable bonds is 5. The third-order valence-electron chi connectivity index (χ3n) is 3.47. The minimum absolute atomic E-state index is 0.0237. The molecule has 2 unspecified atom stereocenters. The fourth-order valence-corrected chi connectivity index (χ4v) is 2.51. The van der Waals surface area contributed by atoms with Gasteiger partial charge in [-0.3, -0.25) is 4.79 Å². The normalized spacial score (nSPS) is 18.4. The van der Waals surface area contributed by atoms with Gasteiger partial charge in [0, 0.05) is 5.56 Å². The van der Waals surface area contributed by atoms with Crippen LogP contribution in [0, 0.1) is 11.7 Å². The van der Waals surface area contributed by atoms with Crippen molar-refractivity contribution in [2.45, 2.75) is 38.3 Å². The first-order valence-electron chi connectivity index (χ1n) is 6.15. The molecule has 1 saturated carbocycles. The highest BCUT2D eigenvalue weighted by atomic mass is 19.1. The van der Waals surface area contributed by atoms with Gasteiger partial charge in [0.2, 0.25) is 0 Å². The Labute approximate surface area is 105 Å². The highest BCUT2D eigenvalue weighted by Crippen LogP contribution is 2.46. The Bertz CT molecular complexity index is 453. The second-order valence-electron chi connectivity index (χ2n) is 4.90. The monoisotopic (exact) mass is 254 g/mol. The summed E-state index contributed by atoms with van der Waals surface area (Å²) in [5.41, 5.74) is 0.547. The van der Waals surface area contributed by atoms with E-state index in [-0.39, 0.29) is 23.8 Å². The molecule has 1 N–H and O–H groups in total. The standard InChI is InChI=1S/C14H16F2O2/c1-8(15)14-10(3-2-4-12(14)16)11(7-13(17)18)9-5-6-9/h2-4,8-9,11H,5-7H2,1H3,(H,17,18). The van der Waals surface area contributed by atoms with Crippen LogP contribution in [0.2, 0.25) is 0 Å². The van der Waals surface area contributed by atoms with E-state index in [4.69, 9.17) is 5.11 Å². The molecule has 0 spiro atoms. The van der Waals surface area contributed by atoms with Crippen molar-refractivity contribution in [3.63, 3.8) is 0 Å². The third-order valence-corrected chi connectivity index (χ3v) is 3.47. The van der Waals surface area contributed by atoms with Crippen molar-refractivity contribution in [3.05, 3.63) is 35.1 Å². The van der Waals surface area contributed by atoms with E-state index >= 15 is 0 Å². The maximum absolute atomic E-state index is 13.7. The number of hydrogen-bond acceptors (Lipinski definition) is 1. The summed E-state index contributed by atoms with van der Waals surface area (Å²) in [7, 11) is 0. The lowest BCUT2D eigenvalue weighted by atomic mass is 9.86. The molecule has 0 bridgehead atoms. The van der Waals surface area contributed by atoms with E-state index < -0.39 is 18.0 Å². The van der Waals surface area contributed by atoms with Crippen molar-refractivity contribution in [3.8, 4) is 0 Å². The van der Waals surface area contributed by atoms with Gasteiger partial charge in [0.15, 0.2) is 0 Å². The van der Waals surface area contributed by atoms with Gasteiger partial charge in [-0.2, -0.15) is 0 Å². The van der Waals surface area contributed by atoms with E-state index in [0.717, 1.165) is 12.8 Å². The smallest absolute Gasteiger partial charge is 0.303 e. The lowest BCUT2D eigenvalue weighted by Gasteiger charge is -2.20.